The molecule has 3 rings (SSSR count). The van der Waals surface area contributed by atoms with Crippen LogP contribution in [0.25, 0.3) is 0 Å². The molecule has 0 spiro atoms. The third kappa shape index (κ3) is 6.04. The van der Waals surface area contributed by atoms with Crippen molar-refractivity contribution >= 4 is 17.5 Å². The van der Waals surface area contributed by atoms with E-state index in [9.17, 15) is 4.79 Å². The maximum Gasteiger partial charge on any atom is 0.254 e. The molecule has 1 heterocycles. The molecule has 5 nitrogen and oxygen atoms in total. The van der Waals surface area contributed by atoms with Crippen LogP contribution in [-0.4, -0.2) is 55.1 Å². The van der Waals surface area contributed by atoms with E-state index in [0.29, 0.717) is 30.2 Å². The van der Waals surface area contributed by atoms with E-state index in [0.717, 1.165) is 50.4 Å². The number of nitrogens with two attached hydrogens (primary N) is 1. The molecule has 0 saturated carbocycles. The van der Waals surface area contributed by atoms with Gasteiger partial charge in [0, 0.05) is 49.9 Å². The summed E-state index contributed by atoms with van der Waals surface area (Å²) < 4.78 is 5.40. The summed E-state index contributed by atoms with van der Waals surface area (Å²) in [5.41, 5.74) is 8.40. The van der Waals surface area contributed by atoms with Gasteiger partial charge in [0.15, 0.2) is 0 Å². The fourth-order valence-electron chi connectivity index (χ4n) is 3.38. The average Bonchev–Trinajstić information content (AvgIpc) is 2.73. The summed E-state index contributed by atoms with van der Waals surface area (Å²) >= 11 is 6.13. The molecule has 1 aliphatic rings. The highest BCUT2D eigenvalue weighted by Crippen LogP contribution is 2.16. The Morgan fingerprint density at radius 1 is 1.11 bits per heavy atom. The highest BCUT2D eigenvalue weighted by Gasteiger charge is 2.17. The normalized spacial score (nSPS) is 14.8. The van der Waals surface area contributed by atoms with Gasteiger partial charge in [-0.1, -0.05) is 35.9 Å². The molecule has 0 aliphatic carbocycles. The van der Waals surface area contributed by atoms with Crippen molar-refractivity contribution in [2.45, 2.75) is 19.5 Å². The SMILES string of the molecule is NCc1ccc(C(=O)N(CCCN2CCOCC2)Cc2cccc(Cl)c2)cc1. The van der Waals surface area contributed by atoms with E-state index in [4.69, 9.17) is 22.1 Å². The van der Waals surface area contributed by atoms with Crippen LogP contribution in [0.4, 0.5) is 0 Å². The lowest BCUT2D eigenvalue weighted by atomic mass is 10.1. The summed E-state index contributed by atoms with van der Waals surface area (Å²) in [6, 6.07) is 15.2. The molecule has 1 amide bonds. The summed E-state index contributed by atoms with van der Waals surface area (Å²) in [6.07, 6.45) is 0.924. The van der Waals surface area contributed by atoms with Crippen molar-refractivity contribution in [2.24, 2.45) is 5.73 Å². The third-order valence-electron chi connectivity index (χ3n) is 4.99. The van der Waals surface area contributed by atoms with Crippen LogP contribution in [0.2, 0.25) is 5.02 Å². The molecule has 2 aromatic rings. The minimum absolute atomic E-state index is 0.0329. The summed E-state index contributed by atoms with van der Waals surface area (Å²) in [4.78, 5) is 17.4. The van der Waals surface area contributed by atoms with E-state index in [-0.39, 0.29) is 5.91 Å². The maximum atomic E-state index is 13.1. The van der Waals surface area contributed by atoms with Crippen LogP contribution in [0.15, 0.2) is 48.5 Å². The van der Waals surface area contributed by atoms with E-state index >= 15 is 0 Å². The molecule has 0 radical (unpaired) electrons. The number of carbonyl (C=O) groups excluding carboxylic acids is 1. The lowest BCUT2D eigenvalue weighted by Gasteiger charge is -2.28. The Morgan fingerprint density at radius 2 is 1.86 bits per heavy atom. The fraction of sp³-hybridized carbons (Fsp3) is 0.409. The predicted octanol–water partition coefficient (Wildman–Crippen LogP) is 3.16. The van der Waals surface area contributed by atoms with Crippen LogP contribution < -0.4 is 5.73 Å². The number of amides is 1. The van der Waals surface area contributed by atoms with Crippen LogP contribution in [-0.2, 0) is 17.8 Å². The molecule has 0 atom stereocenters. The van der Waals surface area contributed by atoms with Gasteiger partial charge < -0.3 is 15.4 Å². The molecule has 1 saturated heterocycles. The zero-order valence-electron chi connectivity index (χ0n) is 16.1. The van der Waals surface area contributed by atoms with Crippen molar-refractivity contribution in [2.75, 3.05) is 39.4 Å². The molecule has 2 aromatic carbocycles. The van der Waals surface area contributed by atoms with Crippen LogP contribution in [0.5, 0.6) is 0 Å². The molecule has 0 unspecified atom stereocenters. The number of carbonyl (C=O) groups is 1. The van der Waals surface area contributed by atoms with Crippen LogP contribution in [0, 0.1) is 0 Å². The number of nitrogens with zero attached hydrogens (tertiary/aromatic N) is 2. The minimum atomic E-state index is 0.0329. The number of halogens is 1. The Morgan fingerprint density at radius 3 is 2.54 bits per heavy atom. The molecular formula is C22H28ClN3O2. The minimum Gasteiger partial charge on any atom is -0.379 e. The second-order valence-electron chi connectivity index (χ2n) is 7.07. The van der Waals surface area contributed by atoms with E-state index in [1.165, 1.54) is 0 Å². The number of benzene rings is 2. The van der Waals surface area contributed by atoms with Crippen molar-refractivity contribution in [3.63, 3.8) is 0 Å². The molecule has 1 fully saturated rings. The zero-order valence-corrected chi connectivity index (χ0v) is 16.9. The number of rotatable bonds is 8. The second kappa shape index (κ2) is 10.6. The van der Waals surface area contributed by atoms with Gasteiger partial charge in [-0.15, -0.1) is 0 Å². The largest absolute Gasteiger partial charge is 0.379 e. The predicted molar refractivity (Wildman–Crippen MR) is 112 cm³/mol. The first kappa shape index (κ1) is 20.8. The molecule has 1 aliphatic heterocycles. The van der Waals surface area contributed by atoms with Gasteiger partial charge in [-0.05, 0) is 41.8 Å². The van der Waals surface area contributed by atoms with Gasteiger partial charge in [0.05, 0.1) is 13.2 Å². The van der Waals surface area contributed by atoms with Crippen LogP contribution in [0.3, 0.4) is 0 Å². The second-order valence-corrected chi connectivity index (χ2v) is 7.50. The molecule has 2 N–H and O–H groups in total. The molecule has 6 heteroatoms. The molecular weight excluding hydrogens is 374 g/mol. The van der Waals surface area contributed by atoms with Crippen molar-refractivity contribution < 1.29 is 9.53 Å². The smallest absolute Gasteiger partial charge is 0.254 e. The van der Waals surface area contributed by atoms with Gasteiger partial charge in [-0.3, -0.25) is 9.69 Å². The first-order valence-corrected chi connectivity index (χ1v) is 10.2. The summed E-state index contributed by atoms with van der Waals surface area (Å²) in [5.74, 6) is 0.0329. The average molecular weight is 402 g/mol. The first-order chi connectivity index (χ1) is 13.7. The topological polar surface area (TPSA) is 58.8 Å². The van der Waals surface area contributed by atoms with Crippen molar-refractivity contribution in [3.05, 3.63) is 70.2 Å². The van der Waals surface area contributed by atoms with Gasteiger partial charge in [0.25, 0.3) is 5.91 Å². The van der Waals surface area contributed by atoms with Gasteiger partial charge in [-0.25, -0.2) is 0 Å². The third-order valence-corrected chi connectivity index (χ3v) is 5.23. The number of hydrogen-bond donors (Lipinski definition) is 1. The highest BCUT2D eigenvalue weighted by molar-refractivity contribution is 6.30. The van der Waals surface area contributed by atoms with E-state index < -0.39 is 0 Å². The Kier molecular flexibility index (Phi) is 7.86. The van der Waals surface area contributed by atoms with Gasteiger partial charge in [-0.2, -0.15) is 0 Å². The van der Waals surface area contributed by atoms with Crippen molar-refractivity contribution in [1.82, 2.24) is 9.80 Å². The first-order valence-electron chi connectivity index (χ1n) is 9.78. The quantitative estimate of drug-likeness (QED) is 0.738. The Balaban J connectivity index is 1.67. The monoisotopic (exact) mass is 401 g/mol. The number of hydrogen-bond acceptors (Lipinski definition) is 4. The highest BCUT2D eigenvalue weighted by atomic mass is 35.5. The van der Waals surface area contributed by atoms with E-state index in [1.54, 1.807) is 0 Å². The lowest BCUT2D eigenvalue weighted by Crippen LogP contribution is -2.39. The molecule has 0 aromatic heterocycles. The fourth-order valence-corrected chi connectivity index (χ4v) is 3.60. The standard InChI is InChI=1S/C22H28ClN3O2/c23-21-4-1-3-19(15-21)17-26(10-2-9-25-11-13-28-14-12-25)22(27)20-7-5-18(16-24)6-8-20/h1,3-8,15H,2,9-14,16-17,24H2. The Labute approximate surface area is 172 Å². The molecule has 150 valence electrons. The van der Waals surface area contributed by atoms with Gasteiger partial charge in [0.1, 0.15) is 0 Å². The lowest BCUT2D eigenvalue weighted by molar-refractivity contribution is 0.0355. The summed E-state index contributed by atoms with van der Waals surface area (Å²) in [7, 11) is 0. The van der Waals surface area contributed by atoms with Crippen molar-refractivity contribution in [1.29, 1.82) is 0 Å². The Hall–Kier alpha value is -1.92. The van der Waals surface area contributed by atoms with E-state index in [1.807, 2.05) is 53.4 Å². The van der Waals surface area contributed by atoms with Gasteiger partial charge >= 0.3 is 0 Å². The maximum absolute atomic E-state index is 13.1. The van der Waals surface area contributed by atoms with Crippen LogP contribution >= 0.6 is 11.6 Å². The van der Waals surface area contributed by atoms with Crippen LogP contribution in [0.1, 0.15) is 27.9 Å². The summed E-state index contributed by atoms with van der Waals surface area (Å²) in [5, 5.41) is 0.686. The number of ether oxygens (including phenoxy) is 1. The van der Waals surface area contributed by atoms with Gasteiger partial charge in [0.2, 0.25) is 0 Å². The number of morpholine rings is 1. The Bertz CT molecular complexity index is 761. The molecule has 28 heavy (non-hydrogen) atoms. The van der Waals surface area contributed by atoms with E-state index in [2.05, 4.69) is 4.90 Å². The van der Waals surface area contributed by atoms with Crippen molar-refractivity contribution in [3.8, 4) is 0 Å². The molecule has 0 bridgehead atoms. The summed E-state index contributed by atoms with van der Waals surface area (Å²) in [6.45, 7) is 6.18. The zero-order chi connectivity index (χ0) is 19.8.